The highest BCUT2D eigenvalue weighted by molar-refractivity contribution is 6.03. The molecule has 104 valence electrons. The number of amides is 1. The Bertz CT molecular complexity index is 660. The molecule has 2 N–H and O–H groups in total. The van der Waals surface area contributed by atoms with Gasteiger partial charge in [0, 0.05) is 18.1 Å². The van der Waals surface area contributed by atoms with Gasteiger partial charge >= 0.3 is 0 Å². The van der Waals surface area contributed by atoms with Gasteiger partial charge in [0.15, 0.2) is 0 Å². The minimum atomic E-state index is -0.320. The quantitative estimate of drug-likeness (QED) is 0.880. The Morgan fingerprint density at radius 3 is 3.00 bits per heavy atom. The molecule has 20 heavy (non-hydrogen) atoms. The fourth-order valence-corrected chi connectivity index (χ4v) is 2.71. The third-order valence-corrected chi connectivity index (χ3v) is 4.14. The average molecular weight is 269 g/mol. The van der Waals surface area contributed by atoms with Crippen LogP contribution < -0.4 is 10.6 Å². The Morgan fingerprint density at radius 2 is 2.25 bits per heavy atom. The molecule has 1 aliphatic heterocycles. The number of nitrogens with one attached hydrogen (secondary N) is 2. The predicted molar refractivity (Wildman–Crippen MR) is 80.7 cm³/mol. The van der Waals surface area contributed by atoms with Gasteiger partial charge in [-0.3, -0.25) is 9.78 Å². The van der Waals surface area contributed by atoms with Crippen molar-refractivity contribution in [1.82, 2.24) is 10.3 Å². The number of hydrogen-bond donors (Lipinski definition) is 2. The molecule has 1 atom stereocenters. The molecule has 0 saturated carbocycles. The van der Waals surface area contributed by atoms with Gasteiger partial charge in [-0.05, 0) is 50.6 Å². The van der Waals surface area contributed by atoms with Crippen LogP contribution in [0.4, 0.5) is 5.69 Å². The van der Waals surface area contributed by atoms with Crippen molar-refractivity contribution >= 4 is 22.5 Å². The fraction of sp³-hybridized carbons (Fsp3) is 0.375. The lowest BCUT2D eigenvalue weighted by Crippen LogP contribution is -2.35. The molecule has 0 spiro atoms. The smallest absolute Gasteiger partial charge is 0.231 e. The monoisotopic (exact) mass is 269 g/mol. The van der Waals surface area contributed by atoms with Crippen molar-refractivity contribution in [1.29, 1.82) is 0 Å². The summed E-state index contributed by atoms with van der Waals surface area (Å²) in [6, 6.07) is 7.86. The van der Waals surface area contributed by atoms with Gasteiger partial charge < -0.3 is 10.6 Å². The molecule has 1 aromatic carbocycles. The maximum absolute atomic E-state index is 12.5. The van der Waals surface area contributed by atoms with Gasteiger partial charge in [-0.2, -0.15) is 0 Å². The van der Waals surface area contributed by atoms with Gasteiger partial charge in [0.1, 0.15) is 0 Å². The topological polar surface area (TPSA) is 54.0 Å². The van der Waals surface area contributed by atoms with Crippen LogP contribution in [0, 0.1) is 12.3 Å². The van der Waals surface area contributed by atoms with Crippen LogP contribution in [-0.4, -0.2) is 24.0 Å². The van der Waals surface area contributed by atoms with Crippen molar-refractivity contribution in [3.05, 3.63) is 36.0 Å². The minimum absolute atomic E-state index is 0.0801. The first-order chi connectivity index (χ1) is 9.60. The normalized spacial score (nSPS) is 22.1. The molecule has 2 heterocycles. The standard InChI is InChI=1S/C16H19N3O/c1-11-5-6-13(12-4-3-8-18-14(11)12)19-15(20)16(2)7-9-17-10-16/h3-6,8,17H,7,9-10H2,1-2H3,(H,19,20). The summed E-state index contributed by atoms with van der Waals surface area (Å²) < 4.78 is 0. The lowest BCUT2D eigenvalue weighted by Gasteiger charge is -2.22. The predicted octanol–water partition coefficient (Wildman–Crippen LogP) is 2.48. The van der Waals surface area contributed by atoms with E-state index in [0.717, 1.165) is 41.7 Å². The van der Waals surface area contributed by atoms with Gasteiger partial charge in [-0.15, -0.1) is 0 Å². The average Bonchev–Trinajstić information content (AvgIpc) is 2.90. The lowest BCUT2D eigenvalue weighted by atomic mass is 9.88. The van der Waals surface area contributed by atoms with Crippen molar-refractivity contribution in [2.45, 2.75) is 20.3 Å². The van der Waals surface area contributed by atoms with Crippen LogP contribution >= 0.6 is 0 Å². The molecule has 0 bridgehead atoms. The summed E-state index contributed by atoms with van der Waals surface area (Å²) in [5.41, 5.74) is 2.59. The summed E-state index contributed by atoms with van der Waals surface area (Å²) in [5, 5.41) is 7.32. The summed E-state index contributed by atoms with van der Waals surface area (Å²) >= 11 is 0. The molecule has 4 nitrogen and oxygen atoms in total. The highest BCUT2D eigenvalue weighted by Gasteiger charge is 2.36. The SMILES string of the molecule is Cc1ccc(NC(=O)C2(C)CCNC2)c2cccnc12. The second-order valence-corrected chi connectivity index (χ2v) is 5.77. The Labute approximate surface area is 118 Å². The molecule has 0 aliphatic carbocycles. The maximum Gasteiger partial charge on any atom is 0.231 e. The molecule has 1 unspecified atom stereocenters. The summed E-state index contributed by atoms with van der Waals surface area (Å²) in [6.45, 7) is 5.68. The van der Waals surface area contributed by atoms with Crippen LogP contribution in [0.1, 0.15) is 18.9 Å². The number of carbonyl (C=O) groups is 1. The van der Waals surface area contributed by atoms with Gasteiger partial charge in [0.2, 0.25) is 5.91 Å². The van der Waals surface area contributed by atoms with Crippen LogP contribution in [0.25, 0.3) is 10.9 Å². The van der Waals surface area contributed by atoms with Crippen LogP contribution in [0.5, 0.6) is 0 Å². The Morgan fingerprint density at radius 1 is 1.40 bits per heavy atom. The van der Waals surface area contributed by atoms with E-state index in [1.165, 1.54) is 0 Å². The minimum Gasteiger partial charge on any atom is -0.325 e. The fourth-order valence-electron chi connectivity index (χ4n) is 2.71. The van der Waals surface area contributed by atoms with E-state index in [0.29, 0.717) is 0 Å². The maximum atomic E-state index is 12.5. The van der Waals surface area contributed by atoms with Gasteiger partial charge in [-0.25, -0.2) is 0 Å². The first-order valence-corrected chi connectivity index (χ1v) is 6.97. The molecule has 1 saturated heterocycles. The molecule has 1 fully saturated rings. The van der Waals surface area contributed by atoms with E-state index in [1.807, 2.05) is 38.1 Å². The highest BCUT2D eigenvalue weighted by atomic mass is 16.2. The summed E-state index contributed by atoms with van der Waals surface area (Å²) in [5.74, 6) is 0.0801. The molecule has 1 amide bonds. The van der Waals surface area contributed by atoms with Gasteiger partial charge in [0.25, 0.3) is 0 Å². The second kappa shape index (κ2) is 4.87. The molecule has 3 rings (SSSR count). The molecule has 1 aliphatic rings. The summed E-state index contributed by atoms with van der Waals surface area (Å²) in [6.07, 6.45) is 2.66. The number of pyridine rings is 1. The van der Waals surface area contributed by atoms with Gasteiger partial charge in [0.05, 0.1) is 16.6 Å². The molecular formula is C16H19N3O. The number of hydrogen-bond acceptors (Lipinski definition) is 3. The lowest BCUT2D eigenvalue weighted by molar-refractivity contribution is -0.123. The molecule has 2 aromatic rings. The molecule has 4 heteroatoms. The van der Waals surface area contributed by atoms with E-state index in [9.17, 15) is 4.79 Å². The second-order valence-electron chi connectivity index (χ2n) is 5.77. The van der Waals surface area contributed by atoms with Crippen molar-refractivity contribution in [3.63, 3.8) is 0 Å². The highest BCUT2D eigenvalue weighted by Crippen LogP contribution is 2.29. The van der Waals surface area contributed by atoms with Gasteiger partial charge in [-0.1, -0.05) is 6.07 Å². The van der Waals surface area contributed by atoms with E-state index in [4.69, 9.17) is 0 Å². The number of anilines is 1. The zero-order chi connectivity index (χ0) is 14.2. The van der Waals surface area contributed by atoms with Crippen molar-refractivity contribution in [2.24, 2.45) is 5.41 Å². The number of carbonyl (C=O) groups excluding carboxylic acids is 1. The number of aryl methyl sites for hydroxylation is 1. The third kappa shape index (κ3) is 2.16. The molecule has 0 radical (unpaired) electrons. The largest absolute Gasteiger partial charge is 0.325 e. The van der Waals surface area contributed by atoms with Crippen molar-refractivity contribution in [2.75, 3.05) is 18.4 Å². The Hall–Kier alpha value is -1.94. The van der Waals surface area contributed by atoms with E-state index in [-0.39, 0.29) is 11.3 Å². The Balaban J connectivity index is 1.95. The van der Waals surface area contributed by atoms with Crippen LogP contribution in [-0.2, 0) is 4.79 Å². The third-order valence-electron chi connectivity index (χ3n) is 4.14. The van der Waals surface area contributed by atoms with Crippen molar-refractivity contribution < 1.29 is 4.79 Å². The van der Waals surface area contributed by atoms with E-state index < -0.39 is 0 Å². The van der Waals surface area contributed by atoms with E-state index in [2.05, 4.69) is 15.6 Å². The van der Waals surface area contributed by atoms with E-state index in [1.54, 1.807) is 6.20 Å². The summed E-state index contributed by atoms with van der Waals surface area (Å²) in [4.78, 5) is 16.9. The van der Waals surface area contributed by atoms with Crippen LogP contribution in [0.15, 0.2) is 30.5 Å². The number of aromatic nitrogens is 1. The number of nitrogens with zero attached hydrogens (tertiary/aromatic N) is 1. The molecular weight excluding hydrogens is 250 g/mol. The molecule has 1 aromatic heterocycles. The van der Waals surface area contributed by atoms with Crippen LogP contribution in [0.2, 0.25) is 0 Å². The van der Waals surface area contributed by atoms with E-state index >= 15 is 0 Å². The number of benzene rings is 1. The zero-order valence-electron chi connectivity index (χ0n) is 11.9. The number of rotatable bonds is 2. The van der Waals surface area contributed by atoms with Crippen LogP contribution in [0.3, 0.4) is 0 Å². The first kappa shape index (κ1) is 13.1. The summed E-state index contributed by atoms with van der Waals surface area (Å²) in [7, 11) is 0. The number of fused-ring (bicyclic) bond motifs is 1. The van der Waals surface area contributed by atoms with Crippen molar-refractivity contribution in [3.8, 4) is 0 Å². The first-order valence-electron chi connectivity index (χ1n) is 6.97. The Kier molecular flexibility index (Phi) is 3.18. The zero-order valence-corrected chi connectivity index (χ0v) is 11.9.